The van der Waals surface area contributed by atoms with Gasteiger partial charge in [0.1, 0.15) is 11.6 Å². The Bertz CT molecular complexity index is 699. The molecule has 0 saturated heterocycles. The van der Waals surface area contributed by atoms with E-state index in [9.17, 15) is 22.4 Å². The lowest BCUT2D eigenvalue weighted by molar-refractivity contribution is -0.153. The van der Waals surface area contributed by atoms with Crippen molar-refractivity contribution in [1.82, 2.24) is 5.32 Å². The van der Waals surface area contributed by atoms with E-state index < -0.39 is 12.8 Å². The van der Waals surface area contributed by atoms with Crippen LogP contribution in [0.3, 0.4) is 0 Å². The van der Waals surface area contributed by atoms with E-state index >= 15 is 0 Å². The summed E-state index contributed by atoms with van der Waals surface area (Å²) in [5, 5.41) is 2.71. The molecule has 0 radical (unpaired) electrons. The summed E-state index contributed by atoms with van der Waals surface area (Å²) in [6.07, 6.45) is -3.74. The average Bonchev–Trinajstić information content (AvgIpc) is 2.56. The molecule has 25 heavy (non-hydrogen) atoms. The summed E-state index contributed by atoms with van der Waals surface area (Å²) in [7, 11) is 0. The Labute approximate surface area is 142 Å². The molecule has 1 amide bonds. The van der Waals surface area contributed by atoms with E-state index in [0.717, 1.165) is 11.1 Å². The topological polar surface area (TPSA) is 38.3 Å². The Balaban J connectivity index is 1.74. The van der Waals surface area contributed by atoms with Crippen LogP contribution in [0.2, 0.25) is 0 Å². The molecule has 1 N–H and O–H groups in total. The molecule has 3 nitrogen and oxygen atoms in total. The van der Waals surface area contributed by atoms with E-state index in [4.69, 9.17) is 0 Å². The fourth-order valence-corrected chi connectivity index (χ4v) is 2.11. The molecule has 0 bridgehead atoms. The van der Waals surface area contributed by atoms with Crippen LogP contribution in [-0.4, -0.2) is 18.7 Å². The molecular weight excluding hydrogens is 338 g/mol. The van der Waals surface area contributed by atoms with Gasteiger partial charge in [-0.3, -0.25) is 4.79 Å². The molecule has 134 valence electrons. The summed E-state index contributed by atoms with van der Waals surface area (Å²) in [5.41, 5.74) is 1.47. The van der Waals surface area contributed by atoms with Crippen molar-refractivity contribution in [1.29, 1.82) is 0 Å². The number of rotatable bonds is 7. The summed E-state index contributed by atoms with van der Waals surface area (Å²) in [5.74, 6) is -0.425. The highest BCUT2D eigenvalue weighted by Gasteiger charge is 2.28. The van der Waals surface area contributed by atoms with Crippen molar-refractivity contribution in [2.24, 2.45) is 0 Å². The SMILES string of the molecule is O=C(CCc1cccc(F)c1)NCc1ccc(OCC(F)(F)F)cc1. The minimum absolute atomic E-state index is 0.110. The Morgan fingerprint density at radius 3 is 2.40 bits per heavy atom. The largest absolute Gasteiger partial charge is 0.484 e. The van der Waals surface area contributed by atoms with Crippen LogP contribution in [0.15, 0.2) is 48.5 Å². The second kappa shape index (κ2) is 8.50. The van der Waals surface area contributed by atoms with Crippen LogP contribution < -0.4 is 10.1 Å². The number of carbonyl (C=O) groups is 1. The fourth-order valence-electron chi connectivity index (χ4n) is 2.11. The molecule has 0 aromatic heterocycles. The van der Waals surface area contributed by atoms with Crippen molar-refractivity contribution in [3.8, 4) is 5.75 Å². The molecule has 7 heteroatoms. The molecule has 2 aromatic rings. The van der Waals surface area contributed by atoms with Crippen molar-refractivity contribution in [3.63, 3.8) is 0 Å². The molecule has 0 unspecified atom stereocenters. The number of hydrogen-bond acceptors (Lipinski definition) is 2. The van der Waals surface area contributed by atoms with E-state index in [1.807, 2.05) is 0 Å². The predicted molar refractivity (Wildman–Crippen MR) is 84.6 cm³/mol. The summed E-state index contributed by atoms with van der Waals surface area (Å²) in [4.78, 5) is 11.8. The van der Waals surface area contributed by atoms with Crippen molar-refractivity contribution >= 4 is 5.91 Å². The number of carbonyl (C=O) groups excluding carboxylic acids is 1. The Morgan fingerprint density at radius 2 is 1.76 bits per heavy atom. The number of halogens is 4. The van der Waals surface area contributed by atoms with Gasteiger partial charge in [0.05, 0.1) is 0 Å². The van der Waals surface area contributed by atoms with Gasteiger partial charge in [0, 0.05) is 13.0 Å². The number of benzene rings is 2. The van der Waals surface area contributed by atoms with E-state index in [1.165, 1.54) is 24.3 Å². The number of alkyl halides is 3. The zero-order chi connectivity index (χ0) is 18.3. The first-order valence-electron chi connectivity index (χ1n) is 7.61. The molecule has 0 spiro atoms. The molecule has 0 aliphatic carbocycles. The first kappa shape index (κ1) is 18.8. The van der Waals surface area contributed by atoms with Crippen LogP contribution >= 0.6 is 0 Å². The van der Waals surface area contributed by atoms with Crippen LogP contribution in [0.4, 0.5) is 17.6 Å². The van der Waals surface area contributed by atoms with Crippen LogP contribution in [-0.2, 0) is 17.8 Å². The molecule has 0 heterocycles. The third kappa shape index (κ3) is 7.24. The molecule has 2 aromatic carbocycles. The number of aryl methyl sites for hydroxylation is 1. The minimum atomic E-state index is -4.38. The lowest BCUT2D eigenvalue weighted by atomic mass is 10.1. The van der Waals surface area contributed by atoms with Gasteiger partial charge in [0.2, 0.25) is 5.91 Å². The maximum Gasteiger partial charge on any atom is 0.422 e. The Kier molecular flexibility index (Phi) is 6.38. The van der Waals surface area contributed by atoms with Gasteiger partial charge in [-0.1, -0.05) is 24.3 Å². The summed E-state index contributed by atoms with van der Waals surface area (Å²) in [6.45, 7) is -1.09. The zero-order valence-electron chi connectivity index (χ0n) is 13.3. The molecule has 0 aliphatic rings. The first-order valence-corrected chi connectivity index (χ1v) is 7.61. The highest BCUT2D eigenvalue weighted by molar-refractivity contribution is 5.76. The normalized spacial score (nSPS) is 11.2. The molecule has 0 atom stereocenters. The maximum absolute atomic E-state index is 13.0. The summed E-state index contributed by atoms with van der Waals surface area (Å²) < 4.78 is 53.8. The lowest BCUT2D eigenvalue weighted by Gasteiger charge is -2.10. The monoisotopic (exact) mass is 355 g/mol. The van der Waals surface area contributed by atoms with E-state index in [2.05, 4.69) is 10.1 Å². The van der Waals surface area contributed by atoms with Gasteiger partial charge in [0.15, 0.2) is 6.61 Å². The van der Waals surface area contributed by atoms with Crippen molar-refractivity contribution < 1.29 is 27.1 Å². The average molecular weight is 355 g/mol. The van der Waals surface area contributed by atoms with Gasteiger partial charge in [-0.15, -0.1) is 0 Å². The van der Waals surface area contributed by atoms with Gasteiger partial charge in [0.25, 0.3) is 0 Å². The Hall–Kier alpha value is -2.57. The standard InChI is InChI=1S/C18H17F4NO2/c19-15-3-1-2-13(10-15)6-9-17(24)23-11-14-4-7-16(8-5-14)25-12-18(20,21)22/h1-5,7-8,10H,6,9,11-12H2,(H,23,24). The highest BCUT2D eigenvalue weighted by atomic mass is 19.4. The van der Waals surface area contributed by atoms with Crippen LogP contribution in [0.1, 0.15) is 17.5 Å². The lowest BCUT2D eigenvalue weighted by Crippen LogP contribution is -2.23. The fraction of sp³-hybridized carbons (Fsp3) is 0.278. The molecular formula is C18H17F4NO2. The molecule has 0 aliphatic heterocycles. The van der Waals surface area contributed by atoms with Crippen LogP contribution in [0.25, 0.3) is 0 Å². The number of hydrogen-bond donors (Lipinski definition) is 1. The molecule has 0 saturated carbocycles. The van der Waals surface area contributed by atoms with Gasteiger partial charge >= 0.3 is 6.18 Å². The third-order valence-electron chi connectivity index (χ3n) is 3.35. The van der Waals surface area contributed by atoms with Crippen LogP contribution in [0, 0.1) is 5.82 Å². The van der Waals surface area contributed by atoms with Gasteiger partial charge in [-0.2, -0.15) is 13.2 Å². The smallest absolute Gasteiger partial charge is 0.422 e. The summed E-state index contributed by atoms with van der Waals surface area (Å²) >= 11 is 0. The number of nitrogens with one attached hydrogen (secondary N) is 1. The third-order valence-corrected chi connectivity index (χ3v) is 3.35. The van der Waals surface area contributed by atoms with Crippen molar-refractivity contribution in [3.05, 3.63) is 65.5 Å². The number of ether oxygens (including phenoxy) is 1. The van der Waals surface area contributed by atoms with E-state index in [-0.39, 0.29) is 30.4 Å². The second-order valence-corrected chi connectivity index (χ2v) is 5.45. The minimum Gasteiger partial charge on any atom is -0.484 e. The van der Waals surface area contributed by atoms with Gasteiger partial charge in [-0.25, -0.2) is 4.39 Å². The highest BCUT2D eigenvalue weighted by Crippen LogP contribution is 2.18. The maximum atomic E-state index is 13.0. The molecule has 0 fully saturated rings. The number of amides is 1. The van der Waals surface area contributed by atoms with Crippen molar-refractivity contribution in [2.75, 3.05) is 6.61 Å². The molecule has 2 rings (SSSR count). The first-order chi connectivity index (χ1) is 11.8. The van der Waals surface area contributed by atoms with E-state index in [1.54, 1.807) is 24.3 Å². The quantitative estimate of drug-likeness (QED) is 0.762. The van der Waals surface area contributed by atoms with Gasteiger partial charge in [-0.05, 0) is 41.8 Å². The zero-order valence-corrected chi connectivity index (χ0v) is 13.3. The predicted octanol–water partition coefficient (Wildman–Crippen LogP) is 4.02. The van der Waals surface area contributed by atoms with Gasteiger partial charge < -0.3 is 10.1 Å². The second-order valence-electron chi connectivity index (χ2n) is 5.45. The Morgan fingerprint density at radius 1 is 1.04 bits per heavy atom. The van der Waals surface area contributed by atoms with Crippen LogP contribution in [0.5, 0.6) is 5.75 Å². The van der Waals surface area contributed by atoms with Crippen molar-refractivity contribution in [2.45, 2.75) is 25.6 Å². The summed E-state index contributed by atoms with van der Waals surface area (Å²) in [6, 6.07) is 12.1. The van der Waals surface area contributed by atoms with E-state index in [0.29, 0.717) is 6.42 Å².